The van der Waals surface area contributed by atoms with Crippen molar-refractivity contribution in [3.63, 3.8) is 0 Å². The van der Waals surface area contributed by atoms with Crippen LogP contribution in [0, 0.1) is 11.8 Å². The van der Waals surface area contributed by atoms with Gasteiger partial charge in [0.2, 0.25) is 0 Å². The molecule has 1 rings (SSSR count). The maximum Gasteiger partial charge on any atom is 0.316 e. The minimum Gasteiger partial charge on any atom is -0.511 e. The lowest BCUT2D eigenvalue weighted by atomic mass is 9.79. The Kier molecular flexibility index (Phi) is 5.89. The molecule has 0 spiro atoms. The first-order chi connectivity index (χ1) is 8.60. The highest BCUT2D eigenvalue weighted by molar-refractivity contribution is 5.93. The average Bonchev–Trinajstić information content (AvgIpc) is 2.28. The third kappa shape index (κ3) is 3.86. The summed E-state index contributed by atoms with van der Waals surface area (Å²) < 4.78 is 4.97. The van der Waals surface area contributed by atoms with E-state index in [2.05, 4.69) is 6.92 Å². The van der Waals surface area contributed by atoms with Crippen molar-refractivity contribution >= 4 is 11.8 Å². The molecule has 0 aliphatic heterocycles. The quantitative estimate of drug-likeness (QED) is 0.584. The van der Waals surface area contributed by atoms with Crippen molar-refractivity contribution in [1.29, 1.82) is 0 Å². The number of hydrogen-bond donors (Lipinski definition) is 1. The van der Waals surface area contributed by atoms with Gasteiger partial charge in [-0.05, 0) is 19.3 Å². The smallest absolute Gasteiger partial charge is 0.316 e. The van der Waals surface area contributed by atoms with E-state index in [0.29, 0.717) is 6.42 Å². The van der Waals surface area contributed by atoms with Crippen molar-refractivity contribution in [1.82, 2.24) is 0 Å². The van der Waals surface area contributed by atoms with Crippen LogP contribution < -0.4 is 0 Å². The molecule has 0 saturated heterocycles. The Morgan fingerprint density at radius 1 is 1.44 bits per heavy atom. The van der Waals surface area contributed by atoms with Crippen molar-refractivity contribution in [2.45, 2.75) is 46.0 Å². The minimum absolute atomic E-state index is 0.102. The zero-order chi connectivity index (χ0) is 13.5. The Balaban J connectivity index is 2.74. The molecule has 0 heterocycles. The molecule has 0 saturated carbocycles. The standard InChI is InChI=1S/C14H22O4/c1-3-5-6-7-10-8-11(15)9-12(16)13(10)14(17)18-4-2/h9-10,13,16H,3-8H2,1-2H3. The largest absolute Gasteiger partial charge is 0.511 e. The molecule has 4 nitrogen and oxygen atoms in total. The summed E-state index contributed by atoms with van der Waals surface area (Å²) in [6.07, 6.45) is 5.41. The van der Waals surface area contributed by atoms with Gasteiger partial charge in [0.1, 0.15) is 11.7 Å². The summed E-state index contributed by atoms with van der Waals surface area (Å²) in [5, 5.41) is 9.80. The van der Waals surface area contributed by atoms with Gasteiger partial charge in [0.15, 0.2) is 5.78 Å². The van der Waals surface area contributed by atoms with Crippen LogP contribution in [0.4, 0.5) is 0 Å². The first-order valence-electron chi connectivity index (χ1n) is 6.70. The fraction of sp³-hybridized carbons (Fsp3) is 0.714. The highest BCUT2D eigenvalue weighted by Gasteiger charge is 2.37. The van der Waals surface area contributed by atoms with Gasteiger partial charge in [0.05, 0.1) is 6.61 Å². The van der Waals surface area contributed by atoms with Crippen molar-refractivity contribution in [3.8, 4) is 0 Å². The third-order valence-electron chi connectivity index (χ3n) is 3.28. The highest BCUT2D eigenvalue weighted by Crippen LogP contribution is 2.32. The van der Waals surface area contributed by atoms with E-state index in [4.69, 9.17) is 4.74 Å². The van der Waals surface area contributed by atoms with Crippen LogP contribution in [0.3, 0.4) is 0 Å². The number of carbonyl (C=O) groups is 2. The molecule has 18 heavy (non-hydrogen) atoms. The predicted molar refractivity (Wildman–Crippen MR) is 68.1 cm³/mol. The number of esters is 1. The normalized spacial score (nSPS) is 23.7. The van der Waals surface area contributed by atoms with E-state index in [1.165, 1.54) is 0 Å². The minimum atomic E-state index is -0.653. The summed E-state index contributed by atoms with van der Waals surface area (Å²) in [5.74, 6) is -1.42. The average molecular weight is 254 g/mol. The van der Waals surface area contributed by atoms with Gasteiger partial charge in [-0.25, -0.2) is 0 Å². The summed E-state index contributed by atoms with van der Waals surface area (Å²) in [5.41, 5.74) is 0. The van der Waals surface area contributed by atoms with Gasteiger partial charge in [0.25, 0.3) is 0 Å². The van der Waals surface area contributed by atoms with Gasteiger partial charge >= 0.3 is 5.97 Å². The number of ketones is 1. The van der Waals surface area contributed by atoms with E-state index in [-0.39, 0.29) is 24.1 Å². The summed E-state index contributed by atoms with van der Waals surface area (Å²) in [6.45, 7) is 4.13. The zero-order valence-electron chi connectivity index (χ0n) is 11.1. The lowest BCUT2D eigenvalue weighted by Crippen LogP contribution is -2.32. The van der Waals surface area contributed by atoms with Crippen LogP contribution in [-0.4, -0.2) is 23.5 Å². The predicted octanol–water partition coefficient (Wildman–Crippen LogP) is 2.78. The molecule has 0 amide bonds. The molecule has 1 aliphatic rings. The van der Waals surface area contributed by atoms with Crippen molar-refractivity contribution in [2.24, 2.45) is 11.8 Å². The third-order valence-corrected chi connectivity index (χ3v) is 3.28. The van der Waals surface area contributed by atoms with E-state index < -0.39 is 11.9 Å². The highest BCUT2D eigenvalue weighted by atomic mass is 16.5. The molecular formula is C14H22O4. The number of aliphatic hydroxyl groups excluding tert-OH is 1. The molecule has 2 atom stereocenters. The summed E-state index contributed by atoms with van der Waals surface area (Å²) in [7, 11) is 0. The molecule has 0 aromatic rings. The number of rotatable bonds is 6. The number of ether oxygens (including phenoxy) is 1. The lowest BCUT2D eigenvalue weighted by molar-refractivity contribution is -0.150. The van der Waals surface area contributed by atoms with E-state index in [1.807, 2.05) is 0 Å². The second-order valence-corrected chi connectivity index (χ2v) is 4.73. The van der Waals surface area contributed by atoms with E-state index in [0.717, 1.165) is 31.8 Å². The van der Waals surface area contributed by atoms with E-state index in [9.17, 15) is 14.7 Å². The SMILES string of the molecule is CCCCCC1CC(=O)C=C(O)C1C(=O)OCC. The van der Waals surface area contributed by atoms with Crippen LogP contribution in [0.15, 0.2) is 11.8 Å². The molecule has 4 heteroatoms. The molecular weight excluding hydrogens is 232 g/mol. The maximum atomic E-state index is 11.8. The monoisotopic (exact) mass is 254 g/mol. The first kappa shape index (κ1) is 14.7. The van der Waals surface area contributed by atoms with Crippen LogP contribution in [0.25, 0.3) is 0 Å². The number of aliphatic hydroxyl groups is 1. The molecule has 102 valence electrons. The molecule has 1 N–H and O–H groups in total. The molecule has 0 radical (unpaired) electrons. The van der Waals surface area contributed by atoms with Crippen LogP contribution in [0.2, 0.25) is 0 Å². The summed E-state index contributed by atoms with van der Waals surface area (Å²) >= 11 is 0. The fourth-order valence-electron chi connectivity index (χ4n) is 2.40. The molecule has 2 unspecified atom stereocenters. The number of allylic oxidation sites excluding steroid dienone is 1. The Bertz CT molecular complexity index is 333. The van der Waals surface area contributed by atoms with Crippen molar-refractivity contribution in [2.75, 3.05) is 6.61 Å². The van der Waals surface area contributed by atoms with E-state index in [1.54, 1.807) is 6.92 Å². The van der Waals surface area contributed by atoms with Gasteiger partial charge in [-0.2, -0.15) is 0 Å². The second-order valence-electron chi connectivity index (χ2n) is 4.73. The van der Waals surface area contributed by atoms with Crippen LogP contribution in [0.1, 0.15) is 46.0 Å². The van der Waals surface area contributed by atoms with Gasteiger partial charge in [-0.15, -0.1) is 0 Å². The van der Waals surface area contributed by atoms with Gasteiger partial charge < -0.3 is 9.84 Å². The zero-order valence-corrected chi connectivity index (χ0v) is 11.1. The number of unbranched alkanes of at least 4 members (excludes halogenated alkanes) is 2. The molecule has 1 aliphatic carbocycles. The van der Waals surface area contributed by atoms with Crippen molar-refractivity contribution < 1.29 is 19.4 Å². The first-order valence-corrected chi connectivity index (χ1v) is 6.70. The van der Waals surface area contributed by atoms with Crippen LogP contribution >= 0.6 is 0 Å². The molecule has 0 fully saturated rings. The van der Waals surface area contributed by atoms with Gasteiger partial charge in [-0.1, -0.05) is 26.2 Å². The summed E-state index contributed by atoms with van der Waals surface area (Å²) in [6, 6.07) is 0. The Morgan fingerprint density at radius 3 is 2.78 bits per heavy atom. The number of hydrogen-bond acceptors (Lipinski definition) is 4. The molecule has 0 aromatic heterocycles. The Labute approximate surface area is 108 Å². The lowest BCUT2D eigenvalue weighted by Gasteiger charge is -2.27. The summed E-state index contributed by atoms with van der Waals surface area (Å²) in [4.78, 5) is 23.3. The molecule has 0 bridgehead atoms. The number of carbonyl (C=O) groups excluding carboxylic acids is 2. The topological polar surface area (TPSA) is 63.6 Å². The Hall–Kier alpha value is -1.32. The van der Waals surface area contributed by atoms with Gasteiger partial charge in [-0.3, -0.25) is 9.59 Å². The van der Waals surface area contributed by atoms with Gasteiger partial charge in [0, 0.05) is 12.5 Å². The molecule has 0 aromatic carbocycles. The van der Waals surface area contributed by atoms with Crippen molar-refractivity contribution in [3.05, 3.63) is 11.8 Å². The second kappa shape index (κ2) is 7.19. The Morgan fingerprint density at radius 2 is 2.17 bits per heavy atom. The van der Waals surface area contributed by atoms with Crippen LogP contribution in [0.5, 0.6) is 0 Å². The maximum absolute atomic E-state index is 11.8. The van der Waals surface area contributed by atoms with Crippen LogP contribution in [-0.2, 0) is 14.3 Å². The van der Waals surface area contributed by atoms with E-state index >= 15 is 0 Å². The fourth-order valence-corrected chi connectivity index (χ4v) is 2.40.